The van der Waals surface area contributed by atoms with Gasteiger partial charge in [-0.05, 0) is 38.4 Å². The molecule has 2 rings (SSSR count). The molecule has 0 amide bonds. The molecule has 2 aromatic carbocycles. The smallest absolute Gasteiger partial charge is 0.127 e. The Kier molecular flexibility index (Phi) is 26.8. The summed E-state index contributed by atoms with van der Waals surface area (Å²) >= 11 is 0. The van der Waals surface area contributed by atoms with Crippen LogP contribution in [0.5, 0.6) is 11.5 Å². The fraction of sp³-hybridized carbons (Fsp3) is 0.333. The summed E-state index contributed by atoms with van der Waals surface area (Å²) in [5.41, 5.74) is 9.00. The number of para-hydroxylation sites is 2. The Morgan fingerprint density at radius 3 is 1.00 bits per heavy atom. The number of rotatable bonds is 2. The SMILES string of the molecule is CC.CC.CN.CN.c1ccc(Oc2ccccc2)cc1. The highest BCUT2D eigenvalue weighted by Crippen LogP contribution is 2.19. The van der Waals surface area contributed by atoms with E-state index in [2.05, 4.69) is 11.5 Å². The minimum Gasteiger partial charge on any atom is -0.457 e. The molecule has 0 unspecified atom stereocenters. The third-order valence-corrected chi connectivity index (χ3v) is 1.72. The Morgan fingerprint density at radius 2 is 0.762 bits per heavy atom. The average Bonchev–Trinajstić information content (AvgIpc) is 2.64. The number of hydrogen-bond acceptors (Lipinski definition) is 3. The van der Waals surface area contributed by atoms with E-state index in [0.29, 0.717) is 0 Å². The zero-order chi connectivity index (χ0) is 16.9. The zero-order valence-electron chi connectivity index (χ0n) is 14.3. The lowest BCUT2D eigenvalue weighted by Gasteiger charge is -2.03. The van der Waals surface area contributed by atoms with Crippen molar-refractivity contribution < 1.29 is 4.74 Å². The van der Waals surface area contributed by atoms with Crippen LogP contribution in [-0.4, -0.2) is 14.1 Å². The van der Waals surface area contributed by atoms with Gasteiger partial charge in [0.15, 0.2) is 0 Å². The van der Waals surface area contributed by atoms with Gasteiger partial charge in [-0.1, -0.05) is 64.1 Å². The van der Waals surface area contributed by atoms with Gasteiger partial charge in [0, 0.05) is 0 Å². The van der Waals surface area contributed by atoms with Crippen molar-refractivity contribution in [2.24, 2.45) is 11.5 Å². The molecule has 0 fully saturated rings. The van der Waals surface area contributed by atoms with Crippen LogP contribution in [0.3, 0.4) is 0 Å². The van der Waals surface area contributed by atoms with Gasteiger partial charge in [-0.2, -0.15) is 0 Å². The Hall–Kier alpha value is -1.84. The highest BCUT2D eigenvalue weighted by molar-refractivity contribution is 5.30. The second-order valence-corrected chi connectivity index (χ2v) is 2.73. The number of hydrogen-bond donors (Lipinski definition) is 2. The van der Waals surface area contributed by atoms with Gasteiger partial charge in [-0.25, -0.2) is 0 Å². The summed E-state index contributed by atoms with van der Waals surface area (Å²) in [7, 11) is 3.00. The summed E-state index contributed by atoms with van der Waals surface area (Å²) in [6, 6.07) is 19.5. The molecular weight excluding hydrogens is 260 g/mol. The van der Waals surface area contributed by atoms with Crippen molar-refractivity contribution in [2.45, 2.75) is 27.7 Å². The number of ether oxygens (including phenoxy) is 1. The van der Waals surface area contributed by atoms with Gasteiger partial charge in [0.2, 0.25) is 0 Å². The first kappa shape index (κ1) is 24.2. The molecule has 2 aromatic rings. The van der Waals surface area contributed by atoms with E-state index in [9.17, 15) is 0 Å². The third-order valence-electron chi connectivity index (χ3n) is 1.72. The number of nitrogens with two attached hydrogens (primary N) is 2. The average molecular weight is 292 g/mol. The summed E-state index contributed by atoms with van der Waals surface area (Å²) < 4.78 is 5.58. The predicted octanol–water partition coefficient (Wildman–Crippen LogP) is 4.68. The van der Waals surface area contributed by atoms with Crippen LogP contribution in [0, 0.1) is 0 Å². The van der Waals surface area contributed by atoms with Crippen LogP contribution >= 0.6 is 0 Å². The molecule has 0 aliphatic carbocycles. The van der Waals surface area contributed by atoms with Crippen molar-refractivity contribution in [1.29, 1.82) is 0 Å². The highest BCUT2D eigenvalue weighted by Gasteiger charge is 1.92. The summed E-state index contributed by atoms with van der Waals surface area (Å²) in [5, 5.41) is 0. The van der Waals surface area contributed by atoms with E-state index < -0.39 is 0 Å². The second-order valence-electron chi connectivity index (χ2n) is 2.73. The molecule has 0 saturated carbocycles. The normalized spacial score (nSPS) is 7.05. The van der Waals surface area contributed by atoms with Gasteiger partial charge in [0.05, 0.1) is 0 Å². The molecule has 0 radical (unpaired) electrons. The van der Waals surface area contributed by atoms with Crippen molar-refractivity contribution in [1.82, 2.24) is 0 Å². The molecule has 3 heteroatoms. The van der Waals surface area contributed by atoms with Crippen LogP contribution in [0.1, 0.15) is 27.7 Å². The summed E-state index contributed by atoms with van der Waals surface area (Å²) in [5.74, 6) is 1.74. The van der Waals surface area contributed by atoms with Crippen LogP contribution < -0.4 is 16.2 Å². The van der Waals surface area contributed by atoms with Gasteiger partial charge < -0.3 is 16.2 Å². The van der Waals surface area contributed by atoms with E-state index in [4.69, 9.17) is 4.74 Å². The van der Waals surface area contributed by atoms with Gasteiger partial charge in [-0.15, -0.1) is 0 Å². The third kappa shape index (κ3) is 14.4. The lowest BCUT2D eigenvalue weighted by Crippen LogP contribution is -1.81. The summed E-state index contributed by atoms with van der Waals surface area (Å²) in [4.78, 5) is 0. The van der Waals surface area contributed by atoms with E-state index in [1.165, 1.54) is 14.1 Å². The lowest BCUT2D eigenvalue weighted by molar-refractivity contribution is 0.482. The molecule has 0 bridgehead atoms. The molecule has 3 nitrogen and oxygen atoms in total. The highest BCUT2D eigenvalue weighted by atomic mass is 16.5. The Balaban J connectivity index is -0.000000353. The van der Waals surface area contributed by atoms with Gasteiger partial charge in [-0.3, -0.25) is 0 Å². The Morgan fingerprint density at radius 1 is 0.524 bits per heavy atom. The molecule has 0 atom stereocenters. The van der Waals surface area contributed by atoms with E-state index in [1.54, 1.807) is 0 Å². The molecule has 0 saturated heterocycles. The quantitative estimate of drug-likeness (QED) is 0.844. The summed E-state index contributed by atoms with van der Waals surface area (Å²) in [6.45, 7) is 8.00. The Bertz CT molecular complexity index is 326. The fourth-order valence-corrected chi connectivity index (χ4v) is 1.11. The van der Waals surface area contributed by atoms with E-state index >= 15 is 0 Å². The van der Waals surface area contributed by atoms with Crippen LogP contribution in [0.2, 0.25) is 0 Å². The van der Waals surface area contributed by atoms with Gasteiger partial charge in [0.25, 0.3) is 0 Å². The van der Waals surface area contributed by atoms with Crippen LogP contribution in [0.4, 0.5) is 0 Å². The first-order valence-electron chi connectivity index (χ1n) is 7.38. The molecule has 120 valence electrons. The zero-order valence-corrected chi connectivity index (χ0v) is 14.3. The molecule has 4 N–H and O–H groups in total. The predicted molar refractivity (Wildman–Crippen MR) is 95.9 cm³/mol. The largest absolute Gasteiger partial charge is 0.457 e. The molecule has 0 heterocycles. The van der Waals surface area contributed by atoms with Crippen molar-refractivity contribution in [3.8, 4) is 11.5 Å². The van der Waals surface area contributed by atoms with Gasteiger partial charge >= 0.3 is 0 Å². The monoisotopic (exact) mass is 292 g/mol. The van der Waals surface area contributed by atoms with Crippen molar-refractivity contribution in [3.05, 3.63) is 60.7 Å². The molecule has 0 aliphatic heterocycles. The van der Waals surface area contributed by atoms with Crippen LogP contribution in [-0.2, 0) is 0 Å². The second kappa shape index (κ2) is 23.3. The maximum atomic E-state index is 5.58. The first-order chi connectivity index (χ1) is 10.4. The molecule has 0 aromatic heterocycles. The number of benzene rings is 2. The Labute approximate surface area is 130 Å². The van der Waals surface area contributed by atoms with Crippen LogP contribution in [0.25, 0.3) is 0 Å². The van der Waals surface area contributed by atoms with E-state index in [-0.39, 0.29) is 0 Å². The van der Waals surface area contributed by atoms with Crippen molar-refractivity contribution in [2.75, 3.05) is 14.1 Å². The van der Waals surface area contributed by atoms with Crippen molar-refractivity contribution >= 4 is 0 Å². The first-order valence-corrected chi connectivity index (χ1v) is 7.38. The van der Waals surface area contributed by atoms with Crippen molar-refractivity contribution in [3.63, 3.8) is 0 Å². The fourth-order valence-electron chi connectivity index (χ4n) is 1.11. The topological polar surface area (TPSA) is 61.3 Å². The summed E-state index contributed by atoms with van der Waals surface area (Å²) in [6.07, 6.45) is 0. The lowest BCUT2D eigenvalue weighted by atomic mass is 10.3. The molecule has 21 heavy (non-hydrogen) atoms. The maximum absolute atomic E-state index is 5.58. The standard InChI is InChI=1S/C12H10O.2C2H6.2CH5N/c1-3-7-11(8-4-1)13-12-9-5-2-6-10-12;4*1-2/h1-10H;2*1-2H3;2*2H2,1H3. The minimum atomic E-state index is 0.869. The molecule has 0 spiro atoms. The van der Waals surface area contributed by atoms with Gasteiger partial charge in [0.1, 0.15) is 11.5 Å². The molecular formula is C18H32N2O. The van der Waals surface area contributed by atoms with Crippen LogP contribution in [0.15, 0.2) is 60.7 Å². The van der Waals surface area contributed by atoms with E-state index in [0.717, 1.165) is 11.5 Å². The maximum Gasteiger partial charge on any atom is 0.127 e. The minimum absolute atomic E-state index is 0.869. The van der Waals surface area contributed by atoms with E-state index in [1.807, 2.05) is 88.4 Å². The molecule has 0 aliphatic rings.